The Kier molecular flexibility index (Phi) is 4.16. The lowest BCUT2D eigenvalue weighted by atomic mass is 10.0. The van der Waals surface area contributed by atoms with Crippen molar-refractivity contribution in [2.75, 3.05) is 7.11 Å². The second-order valence-corrected chi connectivity index (χ2v) is 7.66. The van der Waals surface area contributed by atoms with Gasteiger partial charge in [-0.2, -0.15) is 5.10 Å². The number of nitrogens with zero attached hydrogens (tertiary/aromatic N) is 5. The molecule has 0 bridgehead atoms. The molecule has 8 heteroatoms. The number of imidazole rings is 1. The topological polar surface area (TPSA) is 78.5 Å². The first kappa shape index (κ1) is 17.9. The Hall–Kier alpha value is -3.13. The molecule has 5 rings (SSSR count). The molecule has 2 aromatic heterocycles. The maximum atomic E-state index is 5.63. The molecule has 29 heavy (non-hydrogen) atoms. The van der Waals surface area contributed by atoms with E-state index in [1.165, 1.54) is 0 Å². The van der Waals surface area contributed by atoms with Crippen LogP contribution in [-0.4, -0.2) is 38.5 Å². The van der Waals surface area contributed by atoms with Crippen molar-refractivity contribution >= 4 is 5.84 Å². The van der Waals surface area contributed by atoms with Crippen LogP contribution in [0.5, 0.6) is 5.75 Å². The molecule has 2 aliphatic rings. The molecule has 150 valence electrons. The normalized spacial score (nSPS) is 17.3. The molecule has 0 aliphatic carbocycles. The number of benzene rings is 1. The standard InChI is InChI=1S/C21H24N6O2/c1-5-26-10-13-8-17-19(20-23-21(12(2)3)29-25-20)22-11-27(17)16-7-6-14(28-4)9-15(16)18(13)24-26/h6-7,9-12,21H,5,8H2,1-4H3,(H,23,25). The SMILES string of the molecule is CCn1cc2c(n1)-c1cc(OC)ccc1-n1cnc(C3=NC(C(C)C)ON3)c1C2. The fourth-order valence-electron chi connectivity index (χ4n) is 3.84. The largest absolute Gasteiger partial charge is 0.497 e. The summed E-state index contributed by atoms with van der Waals surface area (Å²) >= 11 is 0. The maximum Gasteiger partial charge on any atom is 0.179 e. The number of nitrogens with one attached hydrogen (secondary N) is 1. The zero-order valence-corrected chi connectivity index (χ0v) is 17.0. The number of amidine groups is 1. The van der Waals surface area contributed by atoms with Crippen molar-refractivity contribution in [2.45, 2.75) is 40.0 Å². The number of rotatable bonds is 4. The van der Waals surface area contributed by atoms with E-state index < -0.39 is 0 Å². The Balaban J connectivity index is 1.70. The van der Waals surface area contributed by atoms with Crippen LogP contribution in [0.15, 0.2) is 35.7 Å². The Bertz CT molecular complexity index is 1110. The number of hydrogen-bond acceptors (Lipinski definition) is 6. The summed E-state index contributed by atoms with van der Waals surface area (Å²) in [5.74, 6) is 1.77. The van der Waals surface area contributed by atoms with Gasteiger partial charge in [0.15, 0.2) is 12.1 Å². The molecule has 1 aromatic carbocycles. The zero-order chi connectivity index (χ0) is 20.1. The maximum absolute atomic E-state index is 5.63. The van der Waals surface area contributed by atoms with Crippen molar-refractivity contribution in [1.29, 1.82) is 0 Å². The van der Waals surface area contributed by atoms with E-state index >= 15 is 0 Å². The monoisotopic (exact) mass is 392 g/mol. The molecule has 4 heterocycles. The Morgan fingerprint density at radius 3 is 2.90 bits per heavy atom. The Morgan fingerprint density at radius 1 is 1.31 bits per heavy atom. The van der Waals surface area contributed by atoms with Gasteiger partial charge in [0, 0.05) is 36.2 Å². The van der Waals surface area contributed by atoms with Crippen molar-refractivity contribution in [1.82, 2.24) is 24.8 Å². The smallest absolute Gasteiger partial charge is 0.179 e. The van der Waals surface area contributed by atoms with E-state index in [0.29, 0.717) is 12.3 Å². The van der Waals surface area contributed by atoms with Gasteiger partial charge in [0.2, 0.25) is 0 Å². The molecule has 0 radical (unpaired) electrons. The number of methoxy groups -OCH3 is 1. The van der Waals surface area contributed by atoms with Crippen molar-refractivity contribution in [3.8, 4) is 22.7 Å². The summed E-state index contributed by atoms with van der Waals surface area (Å²) in [7, 11) is 1.68. The predicted molar refractivity (Wildman–Crippen MR) is 109 cm³/mol. The second-order valence-electron chi connectivity index (χ2n) is 7.66. The lowest BCUT2D eigenvalue weighted by Crippen LogP contribution is -2.22. The van der Waals surface area contributed by atoms with Gasteiger partial charge in [-0.05, 0) is 25.1 Å². The second kappa shape index (κ2) is 6.73. The highest BCUT2D eigenvalue weighted by atomic mass is 16.7. The molecule has 0 saturated heterocycles. The first-order chi connectivity index (χ1) is 14.1. The fourth-order valence-corrected chi connectivity index (χ4v) is 3.84. The minimum atomic E-state index is -0.205. The molecule has 1 N–H and O–H groups in total. The van der Waals surface area contributed by atoms with Crippen LogP contribution >= 0.6 is 0 Å². The lowest BCUT2D eigenvalue weighted by molar-refractivity contribution is 0.0107. The number of fused-ring (bicyclic) bond motifs is 5. The van der Waals surface area contributed by atoms with E-state index in [-0.39, 0.29) is 12.1 Å². The van der Waals surface area contributed by atoms with Crippen LogP contribution in [0, 0.1) is 5.92 Å². The van der Waals surface area contributed by atoms with Gasteiger partial charge in [0.1, 0.15) is 17.8 Å². The number of ether oxygens (including phenoxy) is 1. The molecular formula is C21H24N6O2. The third-order valence-corrected chi connectivity index (χ3v) is 5.43. The van der Waals surface area contributed by atoms with Crippen LogP contribution in [-0.2, 0) is 17.8 Å². The number of aliphatic imine (C=N–C) groups is 1. The highest BCUT2D eigenvalue weighted by molar-refractivity contribution is 5.98. The molecule has 0 saturated carbocycles. The quantitative estimate of drug-likeness (QED) is 0.578. The number of aromatic nitrogens is 4. The Morgan fingerprint density at radius 2 is 2.17 bits per heavy atom. The van der Waals surface area contributed by atoms with E-state index in [4.69, 9.17) is 19.7 Å². The van der Waals surface area contributed by atoms with Gasteiger partial charge in [-0.3, -0.25) is 4.68 Å². The molecular weight excluding hydrogens is 368 g/mol. The van der Waals surface area contributed by atoms with Crippen LogP contribution in [0.25, 0.3) is 16.9 Å². The first-order valence-corrected chi connectivity index (χ1v) is 9.90. The summed E-state index contributed by atoms with van der Waals surface area (Å²) in [5, 5.41) is 4.83. The molecule has 0 amide bonds. The van der Waals surface area contributed by atoms with Gasteiger partial charge in [-0.1, -0.05) is 13.8 Å². The van der Waals surface area contributed by atoms with E-state index in [1.807, 2.05) is 23.1 Å². The average molecular weight is 392 g/mol. The average Bonchev–Trinajstić information content (AvgIpc) is 3.44. The van der Waals surface area contributed by atoms with Crippen LogP contribution < -0.4 is 10.2 Å². The molecule has 8 nitrogen and oxygen atoms in total. The summed E-state index contributed by atoms with van der Waals surface area (Å²) in [4.78, 5) is 15.0. The highest BCUT2D eigenvalue weighted by Crippen LogP contribution is 2.37. The van der Waals surface area contributed by atoms with Gasteiger partial charge >= 0.3 is 0 Å². The summed E-state index contributed by atoms with van der Waals surface area (Å²) in [6, 6.07) is 6.06. The summed E-state index contributed by atoms with van der Waals surface area (Å²) in [5.41, 5.74) is 9.04. The summed E-state index contributed by atoms with van der Waals surface area (Å²) in [6.07, 6.45) is 4.46. The van der Waals surface area contributed by atoms with Crippen molar-refractivity contribution in [2.24, 2.45) is 10.9 Å². The van der Waals surface area contributed by atoms with Crippen LogP contribution in [0.4, 0.5) is 0 Å². The summed E-state index contributed by atoms with van der Waals surface area (Å²) < 4.78 is 9.57. The third kappa shape index (κ3) is 2.82. The van der Waals surface area contributed by atoms with Crippen molar-refractivity contribution in [3.63, 3.8) is 0 Å². The number of aryl methyl sites for hydroxylation is 1. The summed E-state index contributed by atoms with van der Waals surface area (Å²) in [6.45, 7) is 7.08. The molecule has 0 fully saturated rings. The molecule has 0 spiro atoms. The zero-order valence-electron chi connectivity index (χ0n) is 17.0. The highest BCUT2D eigenvalue weighted by Gasteiger charge is 2.30. The van der Waals surface area contributed by atoms with Crippen LogP contribution in [0.2, 0.25) is 0 Å². The van der Waals surface area contributed by atoms with E-state index in [2.05, 4.69) is 48.1 Å². The number of hydroxylamine groups is 1. The van der Waals surface area contributed by atoms with Crippen LogP contribution in [0.1, 0.15) is 37.7 Å². The molecule has 3 aromatic rings. The van der Waals surface area contributed by atoms with Gasteiger partial charge in [-0.15, -0.1) is 0 Å². The van der Waals surface area contributed by atoms with Crippen molar-refractivity contribution in [3.05, 3.63) is 47.7 Å². The molecule has 1 unspecified atom stereocenters. The molecule has 2 aliphatic heterocycles. The number of hydrogen-bond donors (Lipinski definition) is 1. The van der Waals surface area contributed by atoms with Crippen molar-refractivity contribution < 1.29 is 9.57 Å². The van der Waals surface area contributed by atoms with Gasteiger partial charge in [0.25, 0.3) is 0 Å². The minimum Gasteiger partial charge on any atom is -0.497 e. The van der Waals surface area contributed by atoms with E-state index in [1.54, 1.807) is 7.11 Å². The first-order valence-electron chi connectivity index (χ1n) is 9.90. The fraction of sp³-hybridized carbons (Fsp3) is 0.381. The predicted octanol–water partition coefficient (Wildman–Crippen LogP) is 2.93. The molecule has 1 atom stereocenters. The lowest BCUT2D eigenvalue weighted by Gasteiger charge is -2.11. The van der Waals surface area contributed by atoms with Crippen LogP contribution in [0.3, 0.4) is 0 Å². The Labute approximate surface area is 169 Å². The third-order valence-electron chi connectivity index (χ3n) is 5.43. The van der Waals surface area contributed by atoms with Gasteiger partial charge in [-0.25, -0.2) is 20.3 Å². The van der Waals surface area contributed by atoms with E-state index in [9.17, 15) is 0 Å². The van der Waals surface area contributed by atoms with Gasteiger partial charge < -0.3 is 9.30 Å². The minimum absolute atomic E-state index is 0.205. The van der Waals surface area contributed by atoms with E-state index in [0.717, 1.165) is 46.2 Å². The van der Waals surface area contributed by atoms with Gasteiger partial charge in [0.05, 0.1) is 24.2 Å².